The van der Waals surface area contributed by atoms with E-state index in [0.29, 0.717) is 6.04 Å². The van der Waals surface area contributed by atoms with Crippen LogP contribution in [0.25, 0.3) is 0 Å². The van der Waals surface area contributed by atoms with Gasteiger partial charge in [0.1, 0.15) is 5.75 Å². The molecule has 1 N–H and O–H groups in total. The molecule has 0 radical (unpaired) electrons. The minimum atomic E-state index is 0.503. The number of hydrogen-bond acceptors (Lipinski definition) is 3. The topological polar surface area (TPSA) is 21.3 Å². The van der Waals surface area contributed by atoms with E-state index in [1.165, 1.54) is 36.1 Å². The van der Waals surface area contributed by atoms with E-state index in [1.807, 2.05) is 18.8 Å². The van der Waals surface area contributed by atoms with Crippen molar-refractivity contribution >= 4 is 11.8 Å². The van der Waals surface area contributed by atoms with Crippen LogP contribution in [0.5, 0.6) is 5.75 Å². The minimum Gasteiger partial charge on any atom is -0.494 e. The lowest BCUT2D eigenvalue weighted by Gasteiger charge is -2.25. The van der Waals surface area contributed by atoms with Crippen molar-refractivity contribution in [1.82, 2.24) is 5.32 Å². The number of rotatable bonds is 6. The lowest BCUT2D eigenvalue weighted by atomic mass is 9.87. The van der Waals surface area contributed by atoms with Crippen LogP contribution in [0.3, 0.4) is 0 Å². The molecule has 1 atom stereocenters. The first-order chi connectivity index (χ1) is 8.85. The summed E-state index contributed by atoms with van der Waals surface area (Å²) in [6.45, 7) is 0.823. The average Bonchev–Trinajstić information content (AvgIpc) is 2.43. The van der Waals surface area contributed by atoms with E-state index < -0.39 is 0 Å². The Morgan fingerprint density at radius 2 is 2.33 bits per heavy atom. The highest BCUT2D eigenvalue weighted by Gasteiger charge is 2.18. The van der Waals surface area contributed by atoms with Crippen LogP contribution in [0, 0.1) is 0 Å². The summed E-state index contributed by atoms with van der Waals surface area (Å²) < 4.78 is 5.83. The van der Waals surface area contributed by atoms with Gasteiger partial charge in [-0.05, 0) is 68.0 Å². The lowest BCUT2D eigenvalue weighted by Crippen LogP contribution is -2.21. The molecule has 1 aliphatic rings. The Kier molecular flexibility index (Phi) is 5.39. The predicted octanol–water partition coefficient (Wildman–Crippen LogP) is 3.42. The highest BCUT2D eigenvalue weighted by molar-refractivity contribution is 7.98. The van der Waals surface area contributed by atoms with Crippen molar-refractivity contribution in [3.8, 4) is 5.75 Å². The Morgan fingerprint density at radius 3 is 3.11 bits per heavy atom. The van der Waals surface area contributed by atoms with Crippen molar-refractivity contribution in [3.05, 3.63) is 29.3 Å². The maximum atomic E-state index is 5.83. The normalized spacial score (nSPS) is 18.4. The maximum absolute atomic E-state index is 5.83. The zero-order valence-corrected chi connectivity index (χ0v) is 12.2. The van der Waals surface area contributed by atoms with Crippen LogP contribution >= 0.6 is 11.8 Å². The summed E-state index contributed by atoms with van der Waals surface area (Å²) in [5.41, 5.74) is 2.92. The summed E-state index contributed by atoms with van der Waals surface area (Å²) in [7, 11) is 2.05. The molecule has 0 saturated heterocycles. The minimum absolute atomic E-state index is 0.503. The van der Waals surface area contributed by atoms with Crippen LogP contribution in [0.1, 0.15) is 36.4 Å². The summed E-state index contributed by atoms with van der Waals surface area (Å²) in [5, 5.41) is 3.40. The van der Waals surface area contributed by atoms with Gasteiger partial charge in [0, 0.05) is 6.04 Å². The van der Waals surface area contributed by atoms with Gasteiger partial charge in [0.05, 0.1) is 6.61 Å². The molecule has 0 amide bonds. The number of thioether (sulfide) groups is 1. The third-order valence-corrected chi connectivity index (χ3v) is 4.24. The number of nitrogens with one attached hydrogen (secondary N) is 1. The highest BCUT2D eigenvalue weighted by Crippen LogP contribution is 2.32. The molecule has 1 aromatic carbocycles. The Hall–Kier alpha value is -0.670. The van der Waals surface area contributed by atoms with Gasteiger partial charge < -0.3 is 10.1 Å². The number of hydrogen-bond donors (Lipinski definition) is 1. The quantitative estimate of drug-likeness (QED) is 0.796. The van der Waals surface area contributed by atoms with E-state index in [4.69, 9.17) is 4.74 Å². The van der Waals surface area contributed by atoms with Crippen LogP contribution in [-0.2, 0) is 6.42 Å². The summed E-state index contributed by atoms with van der Waals surface area (Å²) in [4.78, 5) is 0. The first-order valence-corrected chi connectivity index (χ1v) is 8.16. The van der Waals surface area contributed by atoms with Gasteiger partial charge in [-0.3, -0.25) is 0 Å². The monoisotopic (exact) mass is 265 g/mol. The van der Waals surface area contributed by atoms with Crippen LogP contribution in [0.15, 0.2) is 18.2 Å². The maximum Gasteiger partial charge on any atom is 0.119 e. The van der Waals surface area contributed by atoms with E-state index in [0.717, 1.165) is 18.8 Å². The fourth-order valence-electron chi connectivity index (χ4n) is 2.56. The molecule has 18 heavy (non-hydrogen) atoms. The Bertz CT molecular complexity index is 381. The number of ether oxygens (including phenoxy) is 1. The second kappa shape index (κ2) is 7.05. The van der Waals surface area contributed by atoms with Gasteiger partial charge in [0.15, 0.2) is 0 Å². The summed E-state index contributed by atoms with van der Waals surface area (Å²) in [6, 6.07) is 7.09. The molecular weight excluding hydrogens is 242 g/mol. The smallest absolute Gasteiger partial charge is 0.119 e. The Labute approximate surface area is 114 Å². The van der Waals surface area contributed by atoms with Gasteiger partial charge >= 0.3 is 0 Å². The first kappa shape index (κ1) is 13.8. The van der Waals surface area contributed by atoms with E-state index >= 15 is 0 Å². The molecule has 0 fully saturated rings. The number of benzene rings is 1. The van der Waals surface area contributed by atoms with Crippen LogP contribution < -0.4 is 10.1 Å². The molecule has 1 unspecified atom stereocenters. The lowest BCUT2D eigenvalue weighted by molar-refractivity contribution is 0.317. The van der Waals surface area contributed by atoms with Crippen molar-refractivity contribution in [2.45, 2.75) is 31.7 Å². The van der Waals surface area contributed by atoms with E-state index in [-0.39, 0.29) is 0 Å². The number of fused-ring (bicyclic) bond motifs is 1. The zero-order valence-electron chi connectivity index (χ0n) is 11.4. The van der Waals surface area contributed by atoms with E-state index in [1.54, 1.807) is 0 Å². The van der Waals surface area contributed by atoms with Crippen molar-refractivity contribution in [2.24, 2.45) is 0 Å². The van der Waals surface area contributed by atoms with Gasteiger partial charge in [-0.25, -0.2) is 0 Å². The first-order valence-electron chi connectivity index (χ1n) is 6.77. The van der Waals surface area contributed by atoms with Crippen LogP contribution in [-0.4, -0.2) is 25.7 Å². The second-order valence-electron chi connectivity index (χ2n) is 4.79. The molecule has 3 heteroatoms. The fraction of sp³-hybridized carbons (Fsp3) is 0.600. The molecule has 2 nitrogen and oxygen atoms in total. The highest BCUT2D eigenvalue weighted by atomic mass is 32.2. The van der Waals surface area contributed by atoms with Crippen molar-refractivity contribution in [1.29, 1.82) is 0 Å². The number of aryl methyl sites for hydroxylation is 1. The van der Waals surface area contributed by atoms with Crippen LogP contribution in [0.4, 0.5) is 0 Å². The van der Waals surface area contributed by atoms with Gasteiger partial charge in [-0.15, -0.1) is 0 Å². The third-order valence-electron chi connectivity index (χ3n) is 3.54. The Morgan fingerprint density at radius 1 is 1.44 bits per heavy atom. The molecule has 2 rings (SSSR count). The Balaban J connectivity index is 2.01. The average molecular weight is 265 g/mol. The predicted molar refractivity (Wildman–Crippen MR) is 79.7 cm³/mol. The zero-order chi connectivity index (χ0) is 12.8. The van der Waals surface area contributed by atoms with Crippen molar-refractivity contribution in [3.63, 3.8) is 0 Å². The largest absolute Gasteiger partial charge is 0.494 e. The fourth-order valence-corrected chi connectivity index (χ4v) is 2.97. The van der Waals surface area contributed by atoms with Crippen LogP contribution in [0.2, 0.25) is 0 Å². The molecule has 0 spiro atoms. The summed E-state index contributed by atoms with van der Waals surface area (Å²) in [6.07, 6.45) is 6.98. The van der Waals surface area contributed by atoms with Gasteiger partial charge in [-0.1, -0.05) is 6.07 Å². The van der Waals surface area contributed by atoms with E-state index in [9.17, 15) is 0 Å². The molecular formula is C15H23NOS. The molecule has 0 aliphatic heterocycles. The molecule has 0 aromatic heterocycles. The SMILES string of the molecule is CNC1CCCc2ccc(OCCCSC)cc21. The third kappa shape index (κ3) is 3.42. The van der Waals surface area contributed by atoms with Crippen molar-refractivity contribution < 1.29 is 4.74 Å². The molecule has 1 aliphatic carbocycles. The molecule has 1 aromatic rings. The van der Waals surface area contributed by atoms with Gasteiger partial charge in [0.2, 0.25) is 0 Å². The standard InChI is InChI=1S/C15H23NOS/c1-16-15-6-3-5-12-7-8-13(11-14(12)15)17-9-4-10-18-2/h7-8,11,15-16H,3-6,9-10H2,1-2H3. The summed E-state index contributed by atoms with van der Waals surface area (Å²) in [5.74, 6) is 2.20. The molecule has 0 heterocycles. The van der Waals surface area contributed by atoms with E-state index in [2.05, 4.69) is 29.8 Å². The summed E-state index contributed by atoms with van der Waals surface area (Å²) >= 11 is 1.87. The van der Waals surface area contributed by atoms with Gasteiger partial charge in [0.25, 0.3) is 0 Å². The molecule has 100 valence electrons. The second-order valence-corrected chi connectivity index (χ2v) is 5.77. The van der Waals surface area contributed by atoms with Crippen molar-refractivity contribution in [2.75, 3.05) is 25.7 Å². The molecule has 0 saturated carbocycles. The van der Waals surface area contributed by atoms with Gasteiger partial charge in [-0.2, -0.15) is 11.8 Å². The molecule has 0 bridgehead atoms.